The van der Waals surface area contributed by atoms with Crippen LogP contribution in [0.15, 0.2) is 0 Å². The Morgan fingerprint density at radius 3 is 0.792 bits per heavy atom. The lowest BCUT2D eigenvalue weighted by Crippen LogP contribution is -2.30. The van der Waals surface area contributed by atoms with Crippen molar-refractivity contribution in [3.8, 4) is 0 Å². The maximum Gasteiger partial charge on any atom is 0.472 e. The van der Waals surface area contributed by atoms with E-state index in [-0.39, 0.29) is 25.7 Å². The van der Waals surface area contributed by atoms with Crippen LogP contribution in [0.25, 0.3) is 0 Å². The van der Waals surface area contributed by atoms with Gasteiger partial charge in [-0.3, -0.25) is 37.3 Å². The van der Waals surface area contributed by atoms with Gasteiger partial charge in [-0.15, -0.1) is 0 Å². The number of ether oxygens (including phenoxy) is 4. The maximum atomic E-state index is 13.1. The molecule has 0 bridgehead atoms. The number of phosphoric acid groups is 2. The van der Waals surface area contributed by atoms with Crippen LogP contribution in [0, 0.1) is 17.8 Å². The van der Waals surface area contributed by atoms with Crippen molar-refractivity contribution in [3.05, 3.63) is 0 Å². The first-order chi connectivity index (χ1) is 46.3. The maximum absolute atomic E-state index is 13.1. The van der Waals surface area contributed by atoms with E-state index in [0.717, 1.165) is 114 Å². The molecule has 0 aromatic heterocycles. The number of carbonyl (C=O) groups excluding carboxylic acids is 4. The molecule has 17 nitrogen and oxygen atoms in total. The number of rotatable bonds is 75. The van der Waals surface area contributed by atoms with Gasteiger partial charge in [0.1, 0.15) is 19.3 Å². The van der Waals surface area contributed by atoms with Crippen molar-refractivity contribution in [2.75, 3.05) is 39.6 Å². The van der Waals surface area contributed by atoms with E-state index in [9.17, 15) is 43.2 Å². The van der Waals surface area contributed by atoms with E-state index >= 15 is 0 Å². The molecular formula is C77H150O17P2. The Morgan fingerprint density at radius 1 is 0.302 bits per heavy atom. The van der Waals surface area contributed by atoms with Gasteiger partial charge in [0, 0.05) is 25.7 Å². The van der Waals surface area contributed by atoms with Crippen LogP contribution in [-0.2, 0) is 65.4 Å². The van der Waals surface area contributed by atoms with E-state index in [1.165, 1.54) is 199 Å². The minimum Gasteiger partial charge on any atom is -0.462 e. The van der Waals surface area contributed by atoms with Crippen LogP contribution in [0.4, 0.5) is 0 Å². The van der Waals surface area contributed by atoms with Gasteiger partial charge in [0.25, 0.3) is 0 Å². The molecule has 0 aliphatic rings. The highest BCUT2D eigenvalue weighted by molar-refractivity contribution is 7.47. The van der Waals surface area contributed by atoms with E-state index in [4.69, 9.17) is 37.0 Å². The first-order valence-electron chi connectivity index (χ1n) is 39.9. The first-order valence-corrected chi connectivity index (χ1v) is 42.9. The normalized spacial score (nSPS) is 14.6. The lowest BCUT2D eigenvalue weighted by atomic mass is 9.99. The van der Waals surface area contributed by atoms with Crippen molar-refractivity contribution in [1.29, 1.82) is 0 Å². The summed E-state index contributed by atoms with van der Waals surface area (Å²) in [5.74, 6) is 0.188. The number of carbonyl (C=O) groups is 4. The van der Waals surface area contributed by atoms with E-state index < -0.39 is 97.5 Å². The van der Waals surface area contributed by atoms with Gasteiger partial charge >= 0.3 is 39.5 Å². The third-order valence-electron chi connectivity index (χ3n) is 18.6. The molecule has 0 aliphatic heterocycles. The molecule has 96 heavy (non-hydrogen) atoms. The highest BCUT2D eigenvalue weighted by atomic mass is 31.2. The highest BCUT2D eigenvalue weighted by Crippen LogP contribution is 2.45. The van der Waals surface area contributed by atoms with E-state index in [1.807, 2.05) is 0 Å². The third-order valence-corrected chi connectivity index (χ3v) is 20.5. The zero-order valence-electron chi connectivity index (χ0n) is 62.8. The fraction of sp³-hybridized carbons (Fsp3) is 0.948. The standard InChI is InChI=1S/C77H150O17P2/c1-8-11-12-13-14-15-16-17-18-19-20-21-22-25-32-37-46-53-60-76(81)93-72(64-87-74(79)58-51-44-36-31-26-23-24-29-34-41-48-55-68(4)5)66-91-95(83,84)89-62-71(78)63-90-96(85,86)92-67-73(65-88-75(80)59-52-45-40-39-43-50-57-70(7)10-3)94-77(82)61-54-47-38-33-28-27-30-35-42-49-56-69(6)9-2/h68-73,78H,8-67H2,1-7H3,(H,83,84)(H,85,86)/t69?,70?,71-,72-,73-/m1/s1. The number of esters is 4. The summed E-state index contributed by atoms with van der Waals surface area (Å²) in [7, 11) is -9.92. The summed E-state index contributed by atoms with van der Waals surface area (Å²) in [6.07, 6.45) is 54.0. The summed E-state index contributed by atoms with van der Waals surface area (Å²) in [5, 5.41) is 10.6. The van der Waals surface area contributed by atoms with Crippen LogP contribution in [0.2, 0.25) is 0 Å². The molecule has 0 heterocycles. The molecule has 0 aromatic rings. The Balaban J connectivity index is 5.26. The average Bonchev–Trinajstić information content (AvgIpc) is 1.96. The summed E-state index contributed by atoms with van der Waals surface area (Å²) in [6.45, 7) is 11.9. The van der Waals surface area contributed by atoms with Gasteiger partial charge in [-0.25, -0.2) is 9.13 Å². The topological polar surface area (TPSA) is 237 Å². The lowest BCUT2D eigenvalue weighted by molar-refractivity contribution is -0.161. The smallest absolute Gasteiger partial charge is 0.462 e. The predicted molar refractivity (Wildman–Crippen MR) is 391 cm³/mol. The summed E-state index contributed by atoms with van der Waals surface area (Å²) < 4.78 is 68.6. The molecule has 0 saturated carbocycles. The Kier molecular flexibility index (Phi) is 66.2. The second kappa shape index (κ2) is 67.5. The largest absolute Gasteiger partial charge is 0.472 e. The molecule has 570 valence electrons. The molecule has 0 fully saturated rings. The summed E-state index contributed by atoms with van der Waals surface area (Å²) in [5.41, 5.74) is 0. The second-order valence-electron chi connectivity index (χ2n) is 28.7. The fourth-order valence-corrected chi connectivity index (χ4v) is 13.3. The first kappa shape index (κ1) is 94.1. The predicted octanol–water partition coefficient (Wildman–Crippen LogP) is 22.6. The van der Waals surface area contributed by atoms with Crippen LogP contribution in [0.3, 0.4) is 0 Å². The number of hydrogen-bond donors (Lipinski definition) is 3. The molecule has 3 N–H and O–H groups in total. The molecule has 7 atom stereocenters. The average molecular weight is 1410 g/mol. The molecule has 0 rings (SSSR count). The van der Waals surface area contributed by atoms with Crippen LogP contribution in [0.1, 0.15) is 395 Å². The number of aliphatic hydroxyl groups is 1. The van der Waals surface area contributed by atoms with Crippen molar-refractivity contribution in [3.63, 3.8) is 0 Å². The Hall–Kier alpha value is -1.94. The van der Waals surface area contributed by atoms with Gasteiger partial charge in [0.2, 0.25) is 0 Å². The van der Waals surface area contributed by atoms with Gasteiger partial charge in [-0.05, 0) is 43.4 Å². The molecule has 4 unspecified atom stereocenters. The fourth-order valence-electron chi connectivity index (χ4n) is 11.7. The Morgan fingerprint density at radius 2 is 0.531 bits per heavy atom. The lowest BCUT2D eigenvalue weighted by Gasteiger charge is -2.21. The van der Waals surface area contributed by atoms with Gasteiger partial charge < -0.3 is 33.8 Å². The highest BCUT2D eigenvalue weighted by Gasteiger charge is 2.30. The van der Waals surface area contributed by atoms with Gasteiger partial charge in [0.15, 0.2) is 12.2 Å². The van der Waals surface area contributed by atoms with Crippen LogP contribution >= 0.6 is 15.6 Å². The molecule has 0 radical (unpaired) electrons. The Bertz CT molecular complexity index is 1870. The van der Waals surface area contributed by atoms with Crippen LogP contribution in [-0.4, -0.2) is 96.7 Å². The van der Waals surface area contributed by atoms with Crippen molar-refractivity contribution in [2.45, 2.75) is 414 Å². The molecule has 0 saturated heterocycles. The summed E-state index contributed by atoms with van der Waals surface area (Å²) >= 11 is 0. The molecule has 0 aliphatic carbocycles. The molecule has 0 spiro atoms. The van der Waals surface area contributed by atoms with Gasteiger partial charge in [-0.1, -0.05) is 344 Å². The van der Waals surface area contributed by atoms with Crippen molar-refractivity contribution >= 4 is 39.5 Å². The van der Waals surface area contributed by atoms with Crippen molar-refractivity contribution in [1.82, 2.24) is 0 Å². The second-order valence-corrected chi connectivity index (χ2v) is 31.6. The minimum absolute atomic E-state index is 0.105. The molecule has 0 amide bonds. The van der Waals surface area contributed by atoms with Gasteiger partial charge in [0.05, 0.1) is 26.4 Å². The number of aliphatic hydroxyl groups excluding tert-OH is 1. The van der Waals surface area contributed by atoms with Crippen LogP contribution in [0.5, 0.6) is 0 Å². The third kappa shape index (κ3) is 67.9. The quantitative estimate of drug-likeness (QED) is 0.0222. The number of phosphoric ester groups is 2. The Labute approximate surface area is 588 Å². The zero-order valence-corrected chi connectivity index (χ0v) is 64.6. The molecular weight excluding hydrogens is 1260 g/mol. The van der Waals surface area contributed by atoms with Gasteiger partial charge in [-0.2, -0.15) is 0 Å². The van der Waals surface area contributed by atoms with Crippen molar-refractivity contribution < 1.29 is 80.2 Å². The van der Waals surface area contributed by atoms with E-state index in [0.29, 0.717) is 25.7 Å². The minimum atomic E-state index is -4.96. The number of unbranched alkanes of at least 4 members (excludes halogenated alkanes) is 41. The zero-order chi connectivity index (χ0) is 70.9. The van der Waals surface area contributed by atoms with Crippen LogP contribution < -0.4 is 0 Å². The summed E-state index contributed by atoms with van der Waals surface area (Å²) in [6, 6.07) is 0. The monoisotopic (exact) mass is 1410 g/mol. The van der Waals surface area contributed by atoms with Crippen molar-refractivity contribution in [2.24, 2.45) is 17.8 Å². The van der Waals surface area contributed by atoms with E-state index in [1.54, 1.807) is 0 Å². The SMILES string of the molecule is CCCCCCCCCCCCCCCCCCCCC(=O)O[C@H](COC(=O)CCCCCCCCCCCCCC(C)C)COP(=O)(O)OC[C@@H](O)COP(=O)(O)OC[C@@H](COC(=O)CCCCCCCCC(C)CC)OC(=O)CCCCCCCCCCCCC(C)CC. The molecule has 0 aromatic carbocycles. The van der Waals surface area contributed by atoms with E-state index in [2.05, 4.69) is 48.5 Å². The number of hydrogen-bond acceptors (Lipinski definition) is 15. The molecule has 19 heteroatoms. The summed E-state index contributed by atoms with van der Waals surface area (Å²) in [4.78, 5) is 72.9.